The first kappa shape index (κ1) is 24.4. The molecule has 2 heterocycles. The second kappa shape index (κ2) is 10.1. The molecule has 2 saturated carbocycles. The largest absolute Gasteiger partial charge is 0.220 e. The number of hydrogen-bond donors (Lipinski definition) is 0. The fourth-order valence-corrected chi connectivity index (χ4v) is 11.9. The number of nitrogens with zero attached hydrogens (tertiary/aromatic N) is 1. The molecule has 1 nitrogen and oxygen atoms in total. The van der Waals surface area contributed by atoms with Crippen molar-refractivity contribution >= 4 is 24.0 Å². The average Bonchev–Trinajstić information content (AvgIpc) is 3.37. The molecule has 1 aromatic heterocycles. The van der Waals surface area contributed by atoms with Gasteiger partial charge < -0.3 is 0 Å². The van der Waals surface area contributed by atoms with E-state index in [1.807, 2.05) is 0 Å². The molecule has 0 spiro atoms. The van der Waals surface area contributed by atoms with Gasteiger partial charge in [-0.25, -0.2) is 4.57 Å². The highest BCUT2D eigenvalue weighted by Crippen LogP contribution is 2.42. The first-order chi connectivity index (χ1) is 17.5. The van der Waals surface area contributed by atoms with Gasteiger partial charge in [0, 0.05) is 6.07 Å². The summed E-state index contributed by atoms with van der Waals surface area (Å²) in [4.78, 5) is 0. The van der Waals surface area contributed by atoms with Crippen molar-refractivity contribution in [2.45, 2.75) is 114 Å². The summed E-state index contributed by atoms with van der Waals surface area (Å²) in [6, 6.07) is 18.2. The van der Waals surface area contributed by atoms with Crippen molar-refractivity contribution in [3.63, 3.8) is 0 Å². The molecule has 0 bridgehead atoms. The summed E-state index contributed by atoms with van der Waals surface area (Å²) in [6.07, 6.45) is 19.2. The van der Waals surface area contributed by atoms with Crippen LogP contribution in [-0.4, -0.2) is 8.07 Å². The SMILES string of the molecule is Cc1c(-c2c3ccc([Si]4(C)CCCC4)cc3cc[n+]2C)cc(C2CCCCC2)cc1C1CCCCC1. The Bertz CT molecular complexity index is 1240. The lowest BCUT2D eigenvalue weighted by Gasteiger charge is -2.28. The summed E-state index contributed by atoms with van der Waals surface area (Å²) in [7, 11) is 0.996. The molecule has 3 fully saturated rings. The van der Waals surface area contributed by atoms with E-state index < -0.39 is 8.07 Å². The highest BCUT2D eigenvalue weighted by atomic mass is 28.3. The molecule has 1 aliphatic heterocycles. The van der Waals surface area contributed by atoms with E-state index in [1.165, 1.54) is 111 Å². The van der Waals surface area contributed by atoms with E-state index in [9.17, 15) is 0 Å². The van der Waals surface area contributed by atoms with Crippen molar-refractivity contribution in [3.05, 3.63) is 59.3 Å². The van der Waals surface area contributed by atoms with Crippen molar-refractivity contribution in [3.8, 4) is 11.3 Å². The normalized spacial score (nSPS) is 21.3. The smallest absolute Gasteiger partial charge is 0.200 e. The minimum absolute atomic E-state index is 0.751. The Morgan fingerprint density at radius 2 is 1.42 bits per heavy atom. The first-order valence-electron chi connectivity index (χ1n) is 15.1. The van der Waals surface area contributed by atoms with Gasteiger partial charge in [-0.1, -0.05) is 93.4 Å². The standard InChI is InChI=1S/C34H46NSi/c1-25-32(27-14-8-5-9-15-27)23-29(26-12-6-4-7-13-26)24-33(25)34-31-17-16-30(36(3)20-10-11-21-36)22-28(31)18-19-35(34)2/h16-19,22-24,26-27H,4-15,20-21H2,1-3H3/q+1. The van der Waals surface area contributed by atoms with E-state index in [2.05, 4.69) is 67.7 Å². The topological polar surface area (TPSA) is 3.88 Å². The highest BCUT2D eigenvalue weighted by molar-refractivity contribution is 6.91. The molecule has 0 N–H and O–H groups in total. The van der Waals surface area contributed by atoms with E-state index in [1.54, 1.807) is 21.9 Å². The summed E-state index contributed by atoms with van der Waals surface area (Å²) >= 11 is 0. The minimum atomic E-state index is -1.27. The van der Waals surface area contributed by atoms with Gasteiger partial charge in [0.25, 0.3) is 0 Å². The van der Waals surface area contributed by atoms with Gasteiger partial charge >= 0.3 is 0 Å². The van der Waals surface area contributed by atoms with Gasteiger partial charge in [0.1, 0.15) is 7.05 Å². The van der Waals surface area contributed by atoms with Crippen LogP contribution in [0.2, 0.25) is 18.6 Å². The molecule has 0 radical (unpaired) electrons. The molecule has 1 saturated heterocycles. The molecule has 3 aliphatic rings. The van der Waals surface area contributed by atoms with Gasteiger partial charge in [0.2, 0.25) is 5.69 Å². The maximum atomic E-state index is 2.67. The molecule has 0 unspecified atom stereocenters. The van der Waals surface area contributed by atoms with Crippen LogP contribution >= 0.6 is 0 Å². The van der Waals surface area contributed by atoms with Crippen LogP contribution in [0.4, 0.5) is 0 Å². The predicted octanol–water partition coefficient (Wildman–Crippen LogP) is 8.81. The van der Waals surface area contributed by atoms with Gasteiger partial charge in [0.05, 0.1) is 19.0 Å². The maximum Gasteiger partial charge on any atom is 0.220 e. The van der Waals surface area contributed by atoms with Crippen LogP contribution in [0.5, 0.6) is 0 Å². The van der Waals surface area contributed by atoms with E-state index in [-0.39, 0.29) is 0 Å². The van der Waals surface area contributed by atoms with Crippen molar-refractivity contribution in [1.29, 1.82) is 0 Å². The monoisotopic (exact) mass is 496 g/mol. The minimum Gasteiger partial charge on any atom is -0.200 e. The maximum absolute atomic E-state index is 2.67. The Morgan fingerprint density at radius 1 is 0.750 bits per heavy atom. The van der Waals surface area contributed by atoms with E-state index >= 15 is 0 Å². The van der Waals surface area contributed by atoms with Crippen LogP contribution in [0.1, 0.15) is 106 Å². The summed E-state index contributed by atoms with van der Waals surface area (Å²) in [5.74, 6) is 1.50. The fourth-order valence-electron chi connectivity index (χ4n) is 8.04. The number of rotatable bonds is 4. The van der Waals surface area contributed by atoms with Gasteiger partial charge in [-0.3, -0.25) is 0 Å². The molecule has 0 amide bonds. The van der Waals surface area contributed by atoms with Crippen molar-refractivity contribution in [1.82, 2.24) is 0 Å². The van der Waals surface area contributed by atoms with Crippen LogP contribution in [0.25, 0.3) is 22.0 Å². The van der Waals surface area contributed by atoms with Crippen LogP contribution in [0, 0.1) is 6.92 Å². The molecular weight excluding hydrogens is 450 g/mol. The highest BCUT2D eigenvalue weighted by Gasteiger charge is 2.33. The number of hydrogen-bond acceptors (Lipinski definition) is 0. The molecule has 6 rings (SSSR count). The lowest BCUT2D eigenvalue weighted by Crippen LogP contribution is -2.41. The van der Waals surface area contributed by atoms with Crippen molar-refractivity contribution in [2.75, 3.05) is 0 Å². The Hall–Kier alpha value is -1.93. The lowest BCUT2D eigenvalue weighted by atomic mass is 9.76. The molecule has 0 atom stereocenters. The Labute approximate surface area is 220 Å². The number of aryl methyl sites for hydroxylation is 1. The molecule has 2 aliphatic carbocycles. The molecular formula is C34H46NSi+. The van der Waals surface area contributed by atoms with E-state index in [4.69, 9.17) is 0 Å². The molecule has 36 heavy (non-hydrogen) atoms. The van der Waals surface area contributed by atoms with Gasteiger partial charge in [0.15, 0.2) is 6.20 Å². The summed E-state index contributed by atoms with van der Waals surface area (Å²) in [5, 5.41) is 4.57. The van der Waals surface area contributed by atoms with E-state index in [0.29, 0.717) is 0 Å². The summed E-state index contributed by atoms with van der Waals surface area (Å²) < 4.78 is 2.41. The molecule has 2 heteroatoms. The third kappa shape index (κ3) is 4.49. The van der Waals surface area contributed by atoms with Gasteiger partial charge in [-0.05, 0) is 78.7 Å². The predicted molar refractivity (Wildman–Crippen MR) is 157 cm³/mol. The lowest BCUT2D eigenvalue weighted by molar-refractivity contribution is -0.659. The Morgan fingerprint density at radius 3 is 2.11 bits per heavy atom. The third-order valence-corrected chi connectivity index (χ3v) is 15.0. The number of aromatic nitrogens is 1. The van der Waals surface area contributed by atoms with Crippen LogP contribution in [-0.2, 0) is 7.05 Å². The van der Waals surface area contributed by atoms with Crippen molar-refractivity contribution < 1.29 is 4.57 Å². The summed E-state index contributed by atoms with van der Waals surface area (Å²) in [6.45, 7) is 5.06. The zero-order valence-corrected chi connectivity index (χ0v) is 24.0. The fraction of sp³-hybridized carbons (Fsp3) is 0.559. The Kier molecular flexibility index (Phi) is 6.84. The van der Waals surface area contributed by atoms with E-state index in [0.717, 1.165) is 11.8 Å². The molecule has 2 aromatic carbocycles. The first-order valence-corrected chi connectivity index (χ1v) is 18.0. The van der Waals surface area contributed by atoms with Crippen LogP contribution in [0.3, 0.4) is 0 Å². The average molecular weight is 497 g/mol. The van der Waals surface area contributed by atoms with Gasteiger partial charge in [-0.2, -0.15) is 0 Å². The molecule has 190 valence electrons. The summed E-state index contributed by atoms with van der Waals surface area (Å²) in [5.41, 5.74) is 7.79. The Balaban J connectivity index is 1.51. The molecule has 3 aromatic rings. The number of pyridine rings is 1. The quantitative estimate of drug-likeness (QED) is 0.251. The second-order valence-electron chi connectivity index (χ2n) is 12.8. The zero-order valence-electron chi connectivity index (χ0n) is 23.0. The van der Waals surface area contributed by atoms with Crippen LogP contribution in [0.15, 0.2) is 42.6 Å². The third-order valence-electron chi connectivity index (χ3n) is 10.4. The zero-order chi connectivity index (χ0) is 24.7. The van der Waals surface area contributed by atoms with Gasteiger partial charge in [-0.15, -0.1) is 0 Å². The number of fused-ring (bicyclic) bond motifs is 1. The van der Waals surface area contributed by atoms with Crippen LogP contribution < -0.4 is 9.75 Å². The number of benzene rings is 2. The second-order valence-corrected chi connectivity index (χ2v) is 17.5. The van der Waals surface area contributed by atoms with Crippen molar-refractivity contribution in [2.24, 2.45) is 7.05 Å².